The monoisotopic (exact) mass is 457 g/mol. The van der Waals surface area contributed by atoms with E-state index in [1.54, 1.807) is 24.5 Å². The highest BCUT2D eigenvalue weighted by atomic mass is 32.1. The maximum absolute atomic E-state index is 13.5. The molecule has 1 N–H and O–H groups in total. The van der Waals surface area contributed by atoms with Crippen molar-refractivity contribution in [2.75, 3.05) is 0 Å². The molecule has 0 aliphatic carbocycles. The molecule has 166 valence electrons. The molecule has 1 saturated heterocycles. The molecule has 1 aliphatic rings. The van der Waals surface area contributed by atoms with Crippen molar-refractivity contribution in [3.05, 3.63) is 113 Å². The number of thiocarbonyl (C=S) groups is 1. The first-order valence-electron chi connectivity index (χ1n) is 10.9. The third-order valence-electron chi connectivity index (χ3n) is 6.13. The highest BCUT2D eigenvalue weighted by molar-refractivity contribution is 7.80. The molecule has 4 aromatic rings. The second kappa shape index (κ2) is 8.75. The molecular weight excluding hydrogens is 433 g/mol. The van der Waals surface area contributed by atoms with Crippen molar-refractivity contribution in [3.8, 4) is 5.69 Å². The molecular formula is C26H24FN5S. The first-order valence-corrected chi connectivity index (χ1v) is 11.3. The van der Waals surface area contributed by atoms with Crippen LogP contribution in [-0.4, -0.2) is 24.5 Å². The second-order valence-electron chi connectivity index (χ2n) is 8.21. The quantitative estimate of drug-likeness (QED) is 0.418. The Balaban J connectivity index is 1.61. The van der Waals surface area contributed by atoms with E-state index in [2.05, 4.69) is 44.7 Å². The zero-order chi connectivity index (χ0) is 22.9. The third-order valence-corrected chi connectivity index (χ3v) is 6.48. The highest BCUT2D eigenvalue weighted by Crippen LogP contribution is 2.42. The lowest BCUT2D eigenvalue weighted by Gasteiger charge is -2.28. The second-order valence-corrected chi connectivity index (χ2v) is 8.60. The summed E-state index contributed by atoms with van der Waals surface area (Å²) < 4.78 is 15.7. The predicted octanol–water partition coefficient (Wildman–Crippen LogP) is 5.20. The van der Waals surface area contributed by atoms with Crippen LogP contribution in [0.1, 0.15) is 40.4 Å². The van der Waals surface area contributed by atoms with Crippen molar-refractivity contribution in [3.63, 3.8) is 0 Å². The van der Waals surface area contributed by atoms with Gasteiger partial charge in [0, 0.05) is 29.5 Å². The lowest BCUT2D eigenvalue weighted by atomic mass is 9.96. The van der Waals surface area contributed by atoms with Crippen molar-refractivity contribution < 1.29 is 4.39 Å². The molecule has 0 amide bonds. The number of aromatic nitrogens is 3. The van der Waals surface area contributed by atoms with Gasteiger partial charge >= 0.3 is 0 Å². The van der Waals surface area contributed by atoms with E-state index >= 15 is 0 Å². The zero-order valence-electron chi connectivity index (χ0n) is 18.4. The summed E-state index contributed by atoms with van der Waals surface area (Å²) in [5, 5.41) is 4.17. The van der Waals surface area contributed by atoms with Crippen LogP contribution in [0.5, 0.6) is 0 Å². The first kappa shape index (κ1) is 21.3. The number of rotatable bonds is 5. The first-order chi connectivity index (χ1) is 16.0. The summed E-state index contributed by atoms with van der Waals surface area (Å²) in [5.74, 6) is -0.247. The molecule has 0 spiro atoms. The molecule has 0 unspecified atom stereocenters. The van der Waals surface area contributed by atoms with E-state index in [4.69, 9.17) is 12.2 Å². The van der Waals surface area contributed by atoms with Crippen molar-refractivity contribution in [1.82, 2.24) is 24.8 Å². The number of nitrogens with one attached hydrogen (secondary N) is 1. The molecule has 1 aliphatic heterocycles. The lowest BCUT2D eigenvalue weighted by Crippen LogP contribution is -2.29. The molecule has 0 saturated carbocycles. The van der Waals surface area contributed by atoms with Gasteiger partial charge in [0.05, 0.1) is 30.0 Å². The van der Waals surface area contributed by atoms with Crippen LogP contribution in [0, 0.1) is 19.7 Å². The van der Waals surface area contributed by atoms with Gasteiger partial charge in [0.2, 0.25) is 0 Å². The summed E-state index contributed by atoms with van der Waals surface area (Å²) in [6.45, 7) is 4.75. The molecule has 2 atom stereocenters. The number of nitrogens with zero attached hydrogens (tertiary/aromatic N) is 4. The van der Waals surface area contributed by atoms with Gasteiger partial charge < -0.3 is 14.8 Å². The Morgan fingerprint density at radius 1 is 0.970 bits per heavy atom. The van der Waals surface area contributed by atoms with Gasteiger partial charge in [-0.05, 0) is 86.2 Å². The fourth-order valence-corrected chi connectivity index (χ4v) is 4.96. The van der Waals surface area contributed by atoms with E-state index in [1.807, 2.05) is 36.4 Å². The highest BCUT2D eigenvalue weighted by Gasteiger charge is 2.41. The van der Waals surface area contributed by atoms with Crippen molar-refractivity contribution in [2.24, 2.45) is 0 Å². The SMILES string of the molecule is Cc1cc([C@H]2[C@@H](c3ccccn3)NC(=S)N2Cc2ccccn2)c(C)n1-c1ccc(F)cc1. The van der Waals surface area contributed by atoms with E-state index in [0.717, 1.165) is 34.0 Å². The summed E-state index contributed by atoms with van der Waals surface area (Å²) >= 11 is 5.80. The van der Waals surface area contributed by atoms with Gasteiger partial charge in [0.25, 0.3) is 0 Å². The minimum Gasteiger partial charge on any atom is -0.352 e. The Bertz CT molecular complexity index is 1270. The molecule has 0 radical (unpaired) electrons. The third kappa shape index (κ3) is 4.00. The van der Waals surface area contributed by atoms with Crippen LogP contribution in [0.25, 0.3) is 5.69 Å². The Kier molecular flexibility index (Phi) is 5.64. The summed E-state index contributed by atoms with van der Waals surface area (Å²) in [5.41, 5.74) is 6.11. The molecule has 1 fully saturated rings. The molecule has 3 aromatic heterocycles. The van der Waals surface area contributed by atoms with Gasteiger partial charge in [-0.15, -0.1) is 0 Å². The molecule has 5 rings (SSSR count). The van der Waals surface area contributed by atoms with Gasteiger partial charge in [-0.3, -0.25) is 9.97 Å². The van der Waals surface area contributed by atoms with Gasteiger partial charge in [-0.2, -0.15) is 0 Å². The van der Waals surface area contributed by atoms with Crippen LogP contribution in [0.2, 0.25) is 0 Å². The molecule has 5 nitrogen and oxygen atoms in total. The largest absolute Gasteiger partial charge is 0.352 e. The van der Waals surface area contributed by atoms with E-state index in [9.17, 15) is 4.39 Å². The zero-order valence-corrected chi connectivity index (χ0v) is 19.3. The minimum atomic E-state index is -0.247. The summed E-state index contributed by atoms with van der Waals surface area (Å²) in [6.07, 6.45) is 3.61. The number of pyridine rings is 2. The van der Waals surface area contributed by atoms with Crippen LogP contribution in [-0.2, 0) is 6.54 Å². The topological polar surface area (TPSA) is 46.0 Å². The van der Waals surface area contributed by atoms with Gasteiger partial charge in [0.1, 0.15) is 5.82 Å². The summed E-state index contributed by atoms with van der Waals surface area (Å²) in [6, 6.07) is 20.4. The average molecular weight is 458 g/mol. The summed E-state index contributed by atoms with van der Waals surface area (Å²) in [7, 11) is 0. The molecule has 7 heteroatoms. The van der Waals surface area contributed by atoms with Crippen LogP contribution < -0.4 is 5.32 Å². The molecule has 0 bridgehead atoms. The maximum atomic E-state index is 13.5. The minimum absolute atomic E-state index is 0.0743. The Labute approximate surface area is 197 Å². The molecule has 1 aromatic carbocycles. The maximum Gasteiger partial charge on any atom is 0.170 e. The van der Waals surface area contributed by atoms with E-state index in [-0.39, 0.29) is 17.9 Å². The van der Waals surface area contributed by atoms with E-state index in [1.165, 1.54) is 12.1 Å². The Morgan fingerprint density at radius 3 is 2.36 bits per heavy atom. The van der Waals surface area contributed by atoms with E-state index < -0.39 is 0 Å². The van der Waals surface area contributed by atoms with Crippen molar-refractivity contribution in [1.29, 1.82) is 0 Å². The lowest BCUT2D eigenvalue weighted by molar-refractivity contribution is 0.307. The van der Waals surface area contributed by atoms with Crippen LogP contribution >= 0.6 is 12.2 Å². The fourth-order valence-electron chi connectivity index (χ4n) is 4.66. The fraction of sp³-hybridized carbons (Fsp3) is 0.192. The van der Waals surface area contributed by atoms with Crippen LogP contribution in [0.15, 0.2) is 79.1 Å². The number of aryl methyl sites for hydroxylation is 1. The standard InChI is InChI=1S/C26H24FN5S/c1-17-15-22(18(2)32(17)21-11-9-19(27)10-12-21)25-24(23-8-4-6-14-29-23)30-26(33)31(25)16-20-7-3-5-13-28-20/h3-15,24-25H,16H2,1-2H3,(H,30,33)/t24-,25+/m1/s1. The van der Waals surface area contributed by atoms with E-state index in [0.29, 0.717) is 11.7 Å². The van der Waals surface area contributed by atoms with Gasteiger partial charge in [-0.1, -0.05) is 12.1 Å². The average Bonchev–Trinajstić information content (AvgIpc) is 3.31. The number of hydrogen-bond acceptors (Lipinski definition) is 3. The Hall–Kier alpha value is -3.58. The normalized spacial score (nSPS) is 17.9. The van der Waals surface area contributed by atoms with Crippen molar-refractivity contribution in [2.45, 2.75) is 32.5 Å². The number of hydrogen-bond donors (Lipinski definition) is 1. The summed E-state index contributed by atoms with van der Waals surface area (Å²) in [4.78, 5) is 11.3. The predicted molar refractivity (Wildman–Crippen MR) is 130 cm³/mol. The molecule has 4 heterocycles. The number of halogens is 1. The van der Waals surface area contributed by atoms with Crippen LogP contribution in [0.3, 0.4) is 0 Å². The van der Waals surface area contributed by atoms with Crippen molar-refractivity contribution >= 4 is 17.3 Å². The number of benzene rings is 1. The molecule has 33 heavy (non-hydrogen) atoms. The van der Waals surface area contributed by atoms with Crippen LogP contribution in [0.4, 0.5) is 4.39 Å². The van der Waals surface area contributed by atoms with Gasteiger partial charge in [0.15, 0.2) is 5.11 Å². The Morgan fingerprint density at radius 2 is 1.70 bits per heavy atom. The smallest absolute Gasteiger partial charge is 0.170 e. The van der Waals surface area contributed by atoms with Gasteiger partial charge in [-0.25, -0.2) is 4.39 Å².